The van der Waals surface area contributed by atoms with E-state index in [1.807, 2.05) is 40.8 Å². The van der Waals surface area contributed by atoms with E-state index in [0.29, 0.717) is 62.9 Å². The summed E-state index contributed by atoms with van der Waals surface area (Å²) in [4.78, 5) is 55.2. The minimum absolute atomic E-state index is 0.00198. The van der Waals surface area contributed by atoms with Crippen LogP contribution in [0, 0.1) is 12.8 Å². The van der Waals surface area contributed by atoms with Gasteiger partial charge >= 0.3 is 0 Å². The van der Waals surface area contributed by atoms with Gasteiger partial charge < -0.3 is 20.1 Å². The van der Waals surface area contributed by atoms with E-state index in [1.54, 1.807) is 14.0 Å². The van der Waals surface area contributed by atoms with Gasteiger partial charge in [-0.2, -0.15) is 5.10 Å². The Balaban J connectivity index is 1.55. The van der Waals surface area contributed by atoms with Crippen LogP contribution in [0.1, 0.15) is 70.0 Å². The first kappa shape index (κ1) is 28.3. The van der Waals surface area contributed by atoms with Crippen LogP contribution < -0.4 is 5.32 Å². The molecule has 1 aliphatic heterocycles. The molecule has 0 saturated carbocycles. The summed E-state index contributed by atoms with van der Waals surface area (Å²) >= 11 is 0. The molecule has 0 bridgehead atoms. The molecule has 0 unspecified atom stereocenters. The van der Waals surface area contributed by atoms with E-state index in [1.165, 1.54) is 4.90 Å². The molecule has 11 heteroatoms. The molecule has 3 amide bonds. The number of hydrogen-bond acceptors (Lipinski definition) is 6. The number of benzene rings is 1. The van der Waals surface area contributed by atoms with Gasteiger partial charge in [0.2, 0.25) is 17.7 Å². The number of carbonyl (C=O) groups excluding carboxylic acids is 3. The first-order valence-corrected chi connectivity index (χ1v) is 13.8. The Hall–Kier alpha value is -3.76. The fraction of sp³-hybridized carbons (Fsp3) is 0.571. The van der Waals surface area contributed by atoms with Gasteiger partial charge in [-0.3, -0.25) is 14.4 Å². The Labute approximate surface area is 229 Å². The molecule has 0 saturated heterocycles. The molecule has 3 aromatic rings. The molecule has 39 heavy (non-hydrogen) atoms. The fourth-order valence-electron chi connectivity index (χ4n) is 4.96. The Kier molecular flexibility index (Phi) is 8.98. The predicted molar refractivity (Wildman–Crippen MR) is 148 cm³/mol. The van der Waals surface area contributed by atoms with Crippen LogP contribution in [0.25, 0.3) is 11.0 Å². The van der Waals surface area contributed by atoms with Crippen molar-refractivity contribution in [1.29, 1.82) is 0 Å². The van der Waals surface area contributed by atoms with Crippen LogP contribution in [-0.2, 0) is 27.3 Å². The summed E-state index contributed by atoms with van der Waals surface area (Å²) in [5, 5.41) is 7.71. The third-order valence-corrected chi connectivity index (χ3v) is 7.26. The van der Waals surface area contributed by atoms with Gasteiger partial charge in [0, 0.05) is 39.4 Å². The van der Waals surface area contributed by atoms with Crippen LogP contribution in [-0.4, -0.2) is 78.4 Å². The smallest absolute Gasteiger partial charge is 0.243 e. The summed E-state index contributed by atoms with van der Waals surface area (Å²) in [7, 11) is 1.65. The highest BCUT2D eigenvalue weighted by Crippen LogP contribution is 2.21. The number of hydrogen-bond donors (Lipinski definition) is 2. The largest absolute Gasteiger partial charge is 0.344 e. The van der Waals surface area contributed by atoms with E-state index in [-0.39, 0.29) is 30.2 Å². The lowest BCUT2D eigenvalue weighted by Gasteiger charge is -2.29. The summed E-state index contributed by atoms with van der Waals surface area (Å²) in [6, 6.07) is 6.82. The number of aryl methyl sites for hydroxylation is 2. The maximum atomic E-state index is 13.4. The zero-order valence-corrected chi connectivity index (χ0v) is 23.6. The topological polar surface area (TPSA) is 129 Å². The Morgan fingerprint density at radius 3 is 2.64 bits per heavy atom. The van der Waals surface area contributed by atoms with E-state index >= 15 is 0 Å². The third-order valence-electron chi connectivity index (χ3n) is 7.26. The second kappa shape index (κ2) is 12.4. The standard InChI is InChI=1S/C28H40N8O3/c1-18(2)17-23-27-29-20(4)33-36(27)16-15-35(14-8-11-25(37)34(5)19(3)28(39)32-23)26(38)13-12-24-30-21-9-6-7-10-22(21)31-24/h6-7,9-10,18-19,23H,8,11-17H2,1-5H3,(H,30,31)(H,32,39)/t19-,23+/m0/s1. The number of aromatic amines is 1. The molecule has 4 rings (SSSR count). The molecule has 210 valence electrons. The molecule has 1 aromatic carbocycles. The van der Waals surface area contributed by atoms with Gasteiger partial charge in [-0.15, -0.1) is 0 Å². The number of fused-ring (bicyclic) bond motifs is 2. The van der Waals surface area contributed by atoms with E-state index in [2.05, 4.69) is 39.2 Å². The Bertz CT molecular complexity index is 1280. The summed E-state index contributed by atoms with van der Waals surface area (Å²) < 4.78 is 1.81. The van der Waals surface area contributed by atoms with Gasteiger partial charge in [0.25, 0.3) is 0 Å². The molecule has 1 aliphatic rings. The van der Waals surface area contributed by atoms with Crippen molar-refractivity contribution in [3.63, 3.8) is 0 Å². The molecule has 0 spiro atoms. The molecular weight excluding hydrogens is 496 g/mol. The SMILES string of the molecule is Cc1nc2n(n1)CCN(C(=O)CCc1nc3ccccc3[nH]1)CCCC(=O)N(C)[C@@H](C)C(=O)N[C@@H]2CC(C)C. The number of rotatable bonds is 5. The van der Waals surface area contributed by atoms with Crippen molar-refractivity contribution in [1.82, 2.24) is 39.8 Å². The molecule has 11 nitrogen and oxygen atoms in total. The van der Waals surface area contributed by atoms with Crippen LogP contribution in [0.3, 0.4) is 0 Å². The van der Waals surface area contributed by atoms with Gasteiger partial charge in [-0.05, 0) is 44.7 Å². The van der Waals surface area contributed by atoms with E-state index in [9.17, 15) is 14.4 Å². The molecule has 0 radical (unpaired) electrons. The fourth-order valence-corrected chi connectivity index (χ4v) is 4.96. The lowest BCUT2D eigenvalue weighted by molar-refractivity contribution is -0.139. The maximum Gasteiger partial charge on any atom is 0.243 e. The van der Waals surface area contributed by atoms with Crippen molar-refractivity contribution in [3.05, 3.63) is 41.7 Å². The zero-order chi connectivity index (χ0) is 28.1. The maximum absolute atomic E-state index is 13.4. The van der Waals surface area contributed by atoms with Crippen molar-refractivity contribution in [3.8, 4) is 0 Å². The molecule has 2 aromatic heterocycles. The quantitative estimate of drug-likeness (QED) is 0.516. The minimum atomic E-state index is -0.630. The predicted octanol–water partition coefficient (Wildman–Crippen LogP) is 2.77. The summed E-state index contributed by atoms with van der Waals surface area (Å²) in [6.45, 7) is 9.05. The van der Waals surface area contributed by atoms with Crippen molar-refractivity contribution in [2.45, 2.75) is 78.4 Å². The number of imidazole rings is 1. The molecule has 2 atom stereocenters. The number of para-hydroxylation sites is 2. The van der Waals surface area contributed by atoms with E-state index < -0.39 is 6.04 Å². The highest BCUT2D eigenvalue weighted by atomic mass is 16.2. The zero-order valence-electron chi connectivity index (χ0n) is 23.6. The van der Waals surface area contributed by atoms with E-state index in [0.717, 1.165) is 16.9 Å². The first-order chi connectivity index (χ1) is 18.6. The number of likely N-dealkylation sites (N-methyl/N-ethyl adjacent to an activating group) is 1. The van der Waals surface area contributed by atoms with Gasteiger partial charge in [0.05, 0.1) is 23.6 Å². The summed E-state index contributed by atoms with van der Waals surface area (Å²) in [6.07, 6.45) is 2.24. The number of nitrogens with one attached hydrogen (secondary N) is 2. The Morgan fingerprint density at radius 1 is 1.13 bits per heavy atom. The Morgan fingerprint density at radius 2 is 1.90 bits per heavy atom. The lowest BCUT2D eigenvalue weighted by atomic mass is 10.0. The third kappa shape index (κ3) is 7.01. The summed E-state index contributed by atoms with van der Waals surface area (Å²) in [5.41, 5.74) is 1.83. The molecular formula is C28H40N8O3. The van der Waals surface area contributed by atoms with Crippen molar-refractivity contribution in [2.24, 2.45) is 5.92 Å². The number of H-pyrrole nitrogens is 1. The van der Waals surface area contributed by atoms with Gasteiger partial charge in [0.1, 0.15) is 23.5 Å². The van der Waals surface area contributed by atoms with Crippen LogP contribution in [0.15, 0.2) is 24.3 Å². The second-order valence-electron chi connectivity index (χ2n) is 10.8. The number of aromatic nitrogens is 5. The molecule has 3 heterocycles. The number of nitrogens with zero attached hydrogens (tertiary/aromatic N) is 6. The highest BCUT2D eigenvalue weighted by Gasteiger charge is 2.29. The van der Waals surface area contributed by atoms with Gasteiger partial charge in [-0.1, -0.05) is 26.0 Å². The highest BCUT2D eigenvalue weighted by molar-refractivity contribution is 5.87. The first-order valence-electron chi connectivity index (χ1n) is 13.8. The normalized spacial score (nSPS) is 19.7. The second-order valence-corrected chi connectivity index (χ2v) is 10.8. The molecule has 0 fully saturated rings. The summed E-state index contributed by atoms with van der Waals surface area (Å²) in [5.74, 6) is 2.02. The molecule has 2 N–H and O–H groups in total. The lowest BCUT2D eigenvalue weighted by Crippen LogP contribution is -2.47. The average Bonchev–Trinajstić information content (AvgIpc) is 3.49. The van der Waals surface area contributed by atoms with Crippen LogP contribution in [0.4, 0.5) is 0 Å². The van der Waals surface area contributed by atoms with Crippen molar-refractivity contribution in [2.75, 3.05) is 20.1 Å². The van der Waals surface area contributed by atoms with Gasteiger partial charge in [0.15, 0.2) is 0 Å². The van der Waals surface area contributed by atoms with Crippen molar-refractivity contribution >= 4 is 28.8 Å². The van der Waals surface area contributed by atoms with Gasteiger partial charge in [-0.25, -0.2) is 14.6 Å². The van der Waals surface area contributed by atoms with Crippen LogP contribution in [0.2, 0.25) is 0 Å². The average molecular weight is 537 g/mol. The molecule has 0 aliphatic carbocycles. The van der Waals surface area contributed by atoms with E-state index in [4.69, 9.17) is 0 Å². The van der Waals surface area contributed by atoms with Crippen molar-refractivity contribution < 1.29 is 14.4 Å². The van der Waals surface area contributed by atoms with Crippen LogP contribution >= 0.6 is 0 Å². The monoisotopic (exact) mass is 536 g/mol. The van der Waals surface area contributed by atoms with Crippen LogP contribution in [0.5, 0.6) is 0 Å². The minimum Gasteiger partial charge on any atom is -0.344 e. The number of carbonyl (C=O) groups is 3. The number of amides is 3.